The average molecular weight is 350 g/mol. The zero-order valence-electron chi connectivity index (χ0n) is 13.5. The molecule has 2 aromatic carbocycles. The number of nitro benzene ring substituents is 1. The number of carbonyl (C=O) groups excluding carboxylic acids is 2. The molecule has 0 saturated heterocycles. The van der Waals surface area contributed by atoms with Gasteiger partial charge in [0.2, 0.25) is 5.91 Å². The van der Waals surface area contributed by atoms with Gasteiger partial charge in [-0.15, -0.1) is 0 Å². The van der Waals surface area contributed by atoms with E-state index in [0.29, 0.717) is 5.69 Å². The fraction of sp³-hybridized carbons (Fsp3) is 0.0556. The lowest BCUT2D eigenvalue weighted by Gasteiger charge is -2.11. The molecule has 3 rings (SSSR count). The lowest BCUT2D eigenvalue weighted by molar-refractivity contribution is -0.384. The molecular formula is C18H14N4O4. The zero-order valence-corrected chi connectivity index (χ0v) is 13.5. The summed E-state index contributed by atoms with van der Waals surface area (Å²) in [7, 11) is 0. The van der Waals surface area contributed by atoms with Crippen LogP contribution in [0.3, 0.4) is 0 Å². The molecule has 1 atom stereocenters. The number of benzene rings is 2. The van der Waals surface area contributed by atoms with E-state index >= 15 is 0 Å². The first-order chi connectivity index (χ1) is 12.5. The number of nitrogens with one attached hydrogen (secondary N) is 2. The number of carbonyl (C=O) groups is 2. The van der Waals surface area contributed by atoms with Crippen molar-refractivity contribution in [2.75, 3.05) is 5.32 Å². The van der Waals surface area contributed by atoms with Crippen molar-refractivity contribution in [1.29, 1.82) is 0 Å². The van der Waals surface area contributed by atoms with Gasteiger partial charge in [0, 0.05) is 24.4 Å². The van der Waals surface area contributed by atoms with E-state index in [1.54, 1.807) is 6.08 Å². The summed E-state index contributed by atoms with van der Waals surface area (Å²) in [5.41, 5.74) is 1.28. The standard InChI is InChI=1S/C18H14N4O4/c23-17(9-6-12-4-2-1-3-5-12)20-16-11-19-14-8-7-13(22(25)26)10-15(14)21-18(16)24/h1-11,16H,(H,20,23)(H,21,24). The van der Waals surface area contributed by atoms with Gasteiger partial charge in [0.05, 0.1) is 16.3 Å². The molecule has 0 aromatic heterocycles. The minimum Gasteiger partial charge on any atom is -0.336 e. The number of fused-ring (bicyclic) bond motifs is 1. The third-order valence-electron chi connectivity index (χ3n) is 3.62. The Hall–Kier alpha value is -3.81. The molecule has 0 fully saturated rings. The molecule has 1 aliphatic rings. The van der Waals surface area contributed by atoms with Crippen LogP contribution in [0.4, 0.5) is 17.1 Å². The van der Waals surface area contributed by atoms with Gasteiger partial charge in [-0.05, 0) is 17.7 Å². The second kappa shape index (κ2) is 7.39. The average Bonchev–Trinajstić information content (AvgIpc) is 2.79. The van der Waals surface area contributed by atoms with Gasteiger partial charge in [0.25, 0.3) is 11.6 Å². The second-order valence-electron chi connectivity index (χ2n) is 5.46. The van der Waals surface area contributed by atoms with Crippen LogP contribution >= 0.6 is 0 Å². The van der Waals surface area contributed by atoms with Gasteiger partial charge >= 0.3 is 0 Å². The molecule has 2 N–H and O–H groups in total. The topological polar surface area (TPSA) is 114 Å². The smallest absolute Gasteiger partial charge is 0.271 e. The molecule has 2 aromatic rings. The molecule has 0 bridgehead atoms. The number of nitrogens with zero attached hydrogens (tertiary/aromatic N) is 2. The van der Waals surface area contributed by atoms with Crippen molar-refractivity contribution in [2.45, 2.75) is 6.04 Å². The Morgan fingerprint density at radius 3 is 2.73 bits per heavy atom. The summed E-state index contributed by atoms with van der Waals surface area (Å²) >= 11 is 0. The van der Waals surface area contributed by atoms with Crippen LogP contribution in [-0.2, 0) is 9.59 Å². The van der Waals surface area contributed by atoms with E-state index in [2.05, 4.69) is 15.6 Å². The Morgan fingerprint density at radius 1 is 1.23 bits per heavy atom. The van der Waals surface area contributed by atoms with E-state index in [4.69, 9.17) is 0 Å². The maximum atomic E-state index is 12.3. The first kappa shape index (κ1) is 17.0. The first-order valence-corrected chi connectivity index (χ1v) is 7.70. The lowest BCUT2D eigenvalue weighted by atomic mass is 10.2. The predicted octanol–water partition coefficient (Wildman–Crippen LogP) is 2.45. The van der Waals surface area contributed by atoms with Gasteiger partial charge in [-0.3, -0.25) is 24.7 Å². The summed E-state index contributed by atoms with van der Waals surface area (Å²) in [5.74, 6) is -0.994. The van der Waals surface area contributed by atoms with Crippen molar-refractivity contribution in [1.82, 2.24) is 5.32 Å². The van der Waals surface area contributed by atoms with E-state index in [0.717, 1.165) is 5.56 Å². The summed E-state index contributed by atoms with van der Waals surface area (Å²) in [4.78, 5) is 38.7. The molecule has 0 aliphatic carbocycles. The highest BCUT2D eigenvalue weighted by molar-refractivity contribution is 6.11. The second-order valence-corrected chi connectivity index (χ2v) is 5.46. The highest BCUT2D eigenvalue weighted by atomic mass is 16.6. The van der Waals surface area contributed by atoms with Crippen molar-refractivity contribution in [3.63, 3.8) is 0 Å². The molecule has 130 valence electrons. The van der Waals surface area contributed by atoms with Crippen molar-refractivity contribution >= 4 is 41.2 Å². The fourth-order valence-electron chi connectivity index (χ4n) is 2.32. The van der Waals surface area contributed by atoms with E-state index in [1.165, 1.54) is 30.5 Å². The van der Waals surface area contributed by atoms with Crippen LogP contribution in [0.1, 0.15) is 5.56 Å². The number of hydrogen-bond acceptors (Lipinski definition) is 5. The van der Waals surface area contributed by atoms with Gasteiger partial charge in [0.15, 0.2) is 0 Å². The Labute approximate surface area is 148 Å². The Bertz CT molecular complexity index is 922. The van der Waals surface area contributed by atoms with Crippen molar-refractivity contribution in [3.8, 4) is 0 Å². The number of aliphatic imine (C=N–C) groups is 1. The Balaban J connectivity index is 1.70. The molecule has 1 heterocycles. The lowest BCUT2D eigenvalue weighted by Crippen LogP contribution is -2.43. The quantitative estimate of drug-likeness (QED) is 0.501. The van der Waals surface area contributed by atoms with Gasteiger partial charge in [-0.1, -0.05) is 30.3 Å². The minimum atomic E-state index is -0.991. The highest BCUT2D eigenvalue weighted by Crippen LogP contribution is 2.30. The number of nitro groups is 1. The monoisotopic (exact) mass is 350 g/mol. The molecule has 0 spiro atoms. The number of rotatable bonds is 4. The maximum Gasteiger partial charge on any atom is 0.271 e. The van der Waals surface area contributed by atoms with Crippen LogP contribution in [-0.4, -0.2) is 29.0 Å². The molecule has 8 nitrogen and oxygen atoms in total. The summed E-state index contributed by atoms with van der Waals surface area (Å²) < 4.78 is 0. The van der Waals surface area contributed by atoms with Crippen LogP contribution in [0.15, 0.2) is 59.6 Å². The summed E-state index contributed by atoms with van der Waals surface area (Å²) in [5, 5.41) is 15.9. The SMILES string of the molecule is O=C(C=Cc1ccccc1)NC1C=Nc2ccc([N+](=O)[O-])cc2NC1=O. The summed E-state index contributed by atoms with van der Waals surface area (Å²) in [6, 6.07) is 12.2. The number of anilines is 1. The summed E-state index contributed by atoms with van der Waals surface area (Å²) in [6.07, 6.45) is 4.24. The zero-order chi connectivity index (χ0) is 18.5. The van der Waals surface area contributed by atoms with E-state index < -0.39 is 22.8 Å². The van der Waals surface area contributed by atoms with Gasteiger partial charge in [-0.2, -0.15) is 0 Å². The summed E-state index contributed by atoms with van der Waals surface area (Å²) in [6.45, 7) is 0. The normalized spacial score (nSPS) is 15.8. The fourth-order valence-corrected chi connectivity index (χ4v) is 2.32. The predicted molar refractivity (Wildman–Crippen MR) is 97.3 cm³/mol. The Kier molecular flexibility index (Phi) is 4.84. The Morgan fingerprint density at radius 2 is 2.00 bits per heavy atom. The molecular weight excluding hydrogens is 336 g/mol. The van der Waals surface area contributed by atoms with Crippen molar-refractivity contribution < 1.29 is 14.5 Å². The molecule has 1 unspecified atom stereocenters. The van der Waals surface area contributed by atoms with Crippen LogP contribution in [0.25, 0.3) is 6.08 Å². The molecule has 0 radical (unpaired) electrons. The van der Waals surface area contributed by atoms with Crippen LogP contribution in [0.2, 0.25) is 0 Å². The molecule has 26 heavy (non-hydrogen) atoms. The van der Waals surface area contributed by atoms with Crippen LogP contribution < -0.4 is 10.6 Å². The van der Waals surface area contributed by atoms with Crippen LogP contribution in [0, 0.1) is 10.1 Å². The molecule has 0 saturated carbocycles. The number of hydrogen-bond donors (Lipinski definition) is 2. The first-order valence-electron chi connectivity index (χ1n) is 7.70. The van der Waals surface area contributed by atoms with E-state index in [-0.39, 0.29) is 11.4 Å². The molecule has 1 aliphatic heterocycles. The minimum absolute atomic E-state index is 0.160. The molecule has 2 amide bonds. The van der Waals surface area contributed by atoms with E-state index in [9.17, 15) is 19.7 Å². The number of non-ortho nitro benzene ring substituents is 1. The van der Waals surface area contributed by atoms with Crippen molar-refractivity contribution in [2.24, 2.45) is 4.99 Å². The number of amides is 2. The van der Waals surface area contributed by atoms with Gasteiger partial charge in [0.1, 0.15) is 6.04 Å². The maximum absolute atomic E-state index is 12.3. The third-order valence-corrected chi connectivity index (χ3v) is 3.62. The van der Waals surface area contributed by atoms with Crippen LogP contribution in [0.5, 0.6) is 0 Å². The molecule has 8 heteroatoms. The highest BCUT2D eigenvalue weighted by Gasteiger charge is 2.23. The van der Waals surface area contributed by atoms with Crippen molar-refractivity contribution in [3.05, 3.63) is 70.3 Å². The van der Waals surface area contributed by atoms with E-state index in [1.807, 2.05) is 30.3 Å². The van der Waals surface area contributed by atoms with Gasteiger partial charge in [-0.25, -0.2) is 0 Å². The third kappa shape index (κ3) is 3.99. The largest absolute Gasteiger partial charge is 0.336 e. The van der Waals surface area contributed by atoms with Gasteiger partial charge < -0.3 is 10.6 Å².